The molecule has 1 aromatic rings. The van der Waals surface area contributed by atoms with E-state index in [1.165, 1.54) is 0 Å². The molecule has 100 valence electrons. The minimum Gasteiger partial charge on any atom is -0.325 e. The van der Waals surface area contributed by atoms with E-state index in [1.54, 1.807) is 0 Å². The fraction of sp³-hybridized carbons (Fsp3) is 0.462. The van der Waals surface area contributed by atoms with E-state index in [4.69, 9.17) is 0 Å². The summed E-state index contributed by atoms with van der Waals surface area (Å²) >= 11 is 2.23. The van der Waals surface area contributed by atoms with Crippen LogP contribution in [0, 0.1) is 3.57 Å². The van der Waals surface area contributed by atoms with Crippen molar-refractivity contribution in [1.29, 1.82) is 0 Å². The van der Waals surface area contributed by atoms with Crippen molar-refractivity contribution in [2.24, 2.45) is 0 Å². The molecule has 0 saturated carbocycles. The van der Waals surface area contributed by atoms with Crippen LogP contribution in [-0.4, -0.2) is 44.5 Å². The number of rotatable bonds is 7. The lowest BCUT2D eigenvalue weighted by Gasteiger charge is -2.16. The highest BCUT2D eigenvalue weighted by atomic mass is 127. The molecule has 0 bridgehead atoms. The molecule has 0 saturated heterocycles. The SMILES string of the molecule is CNCCCN(C)CC(=O)Nc1cccc(I)c1. The van der Waals surface area contributed by atoms with Crippen LogP contribution in [0.1, 0.15) is 6.42 Å². The summed E-state index contributed by atoms with van der Waals surface area (Å²) in [7, 11) is 3.90. The summed E-state index contributed by atoms with van der Waals surface area (Å²) in [6.07, 6.45) is 1.05. The molecule has 0 heterocycles. The number of hydrogen-bond acceptors (Lipinski definition) is 3. The van der Waals surface area contributed by atoms with E-state index in [9.17, 15) is 4.79 Å². The summed E-state index contributed by atoms with van der Waals surface area (Å²) in [6, 6.07) is 7.80. The van der Waals surface area contributed by atoms with E-state index in [2.05, 4.69) is 33.2 Å². The maximum atomic E-state index is 11.8. The fourth-order valence-corrected chi connectivity index (χ4v) is 2.16. The molecule has 0 radical (unpaired) electrons. The van der Waals surface area contributed by atoms with Gasteiger partial charge in [0.05, 0.1) is 6.54 Å². The second kappa shape index (κ2) is 8.44. The van der Waals surface area contributed by atoms with Gasteiger partial charge in [0.25, 0.3) is 0 Å². The van der Waals surface area contributed by atoms with Crippen molar-refractivity contribution in [3.05, 3.63) is 27.8 Å². The van der Waals surface area contributed by atoms with Crippen LogP contribution >= 0.6 is 22.6 Å². The van der Waals surface area contributed by atoms with Gasteiger partial charge < -0.3 is 10.6 Å². The van der Waals surface area contributed by atoms with Crippen LogP contribution in [0.15, 0.2) is 24.3 Å². The van der Waals surface area contributed by atoms with E-state index in [1.807, 2.05) is 43.3 Å². The predicted octanol–water partition coefficient (Wildman–Crippen LogP) is 1.77. The molecule has 1 rings (SSSR count). The van der Waals surface area contributed by atoms with Gasteiger partial charge in [-0.15, -0.1) is 0 Å². The Balaban J connectivity index is 2.32. The summed E-state index contributed by atoms with van der Waals surface area (Å²) < 4.78 is 1.12. The highest BCUT2D eigenvalue weighted by Gasteiger charge is 2.06. The molecular formula is C13H20IN3O. The maximum Gasteiger partial charge on any atom is 0.238 e. The molecule has 0 aromatic heterocycles. The largest absolute Gasteiger partial charge is 0.325 e. The van der Waals surface area contributed by atoms with Crippen LogP contribution < -0.4 is 10.6 Å². The molecule has 1 amide bonds. The Morgan fingerprint density at radius 1 is 1.44 bits per heavy atom. The first-order valence-electron chi connectivity index (χ1n) is 6.00. The topological polar surface area (TPSA) is 44.4 Å². The lowest BCUT2D eigenvalue weighted by Crippen LogP contribution is -2.31. The lowest BCUT2D eigenvalue weighted by molar-refractivity contribution is -0.117. The van der Waals surface area contributed by atoms with Crippen LogP contribution in [0.2, 0.25) is 0 Å². The average molecular weight is 361 g/mol. The molecule has 0 fully saturated rings. The van der Waals surface area contributed by atoms with Gasteiger partial charge in [0.1, 0.15) is 0 Å². The number of nitrogens with zero attached hydrogens (tertiary/aromatic N) is 1. The van der Waals surface area contributed by atoms with Crippen LogP contribution in [0.4, 0.5) is 5.69 Å². The molecule has 2 N–H and O–H groups in total. The van der Waals surface area contributed by atoms with Crippen molar-refractivity contribution < 1.29 is 4.79 Å². The molecule has 5 heteroatoms. The van der Waals surface area contributed by atoms with Gasteiger partial charge >= 0.3 is 0 Å². The summed E-state index contributed by atoms with van der Waals surface area (Å²) in [6.45, 7) is 2.32. The van der Waals surface area contributed by atoms with E-state index >= 15 is 0 Å². The summed E-state index contributed by atoms with van der Waals surface area (Å²) in [5.41, 5.74) is 0.857. The molecule has 0 aliphatic heterocycles. The molecule has 1 aromatic carbocycles. The third-order valence-corrected chi connectivity index (χ3v) is 3.16. The van der Waals surface area contributed by atoms with Gasteiger partial charge in [0.15, 0.2) is 0 Å². The minimum atomic E-state index is 0.0314. The van der Waals surface area contributed by atoms with Crippen molar-refractivity contribution in [3.63, 3.8) is 0 Å². The van der Waals surface area contributed by atoms with Gasteiger partial charge in [-0.1, -0.05) is 6.07 Å². The first kappa shape index (κ1) is 15.4. The normalized spacial score (nSPS) is 10.7. The average Bonchev–Trinajstić information content (AvgIpc) is 2.29. The molecule has 0 atom stereocenters. The lowest BCUT2D eigenvalue weighted by atomic mass is 10.3. The molecule has 0 aliphatic rings. The van der Waals surface area contributed by atoms with E-state index in [-0.39, 0.29) is 5.91 Å². The van der Waals surface area contributed by atoms with Crippen molar-refractivity contribution in [2.75, 3.05) is 39.0 Å². The summed E-state index contributed by atoms with van der Waals surface area (Å²) in [5, 5.41) is 6.00. The Labute approximate surface area is 122 Å². The molecule has 0 spiro atoms. The van der Waals surface area contributed by atoms with Crippen molar-refractivity contribution in [3.8, 4) is 0 Å². The number of carbonyl (C=O) groups is 1. The third-order valence-electron chi connectivity index (χ3n) is 2.49. The van der Waals surface area contributed by atoms with Crippen LogP contribution in [0.5, 0.6) is 0 Å². The fourth-order valence-electron chi connectivity index (χ4n) is 1.62. The van der Waals surface area contributed by atoms with Crippen molar-refractivity contribution in [2.45, 2.75) is 6.42 Å². The Morgan fingerprint density at radius 3 is 2.89 bits per heavy atom. The molecular weight excluding hydrogens is 341 g/mol. The second-order valence-electron chi connectivity index (χ2n) is 4.25. The molecule has 4 nitrogen and oxygen atoms in total. The predicted molar refractivity (Wildman–Crippen MR) is 83.8 cm³/mol. The maximum absolute atomic E-state index is 11.8. The molecule has 0 aliphatic carbocycles. The first-order chi connectivity index (χ1) is 8.61. The van der Waals surface area contributed by atoms with Crippen LogP contribution in [0.25, 0.3) is 0 Å². The number of amides is 1. The first-order valence-corrected chi connectivity index (χ1v) is 7.08. The monoisotopic (exact) mass is 361 g/mol. The third kappa shape index (κ3) is 6.32. The van der Waals surface area contributed by atoms with Gasteiger partial charge in [0.2, 0.25) is 5.91 Å². The quantitative estimate of drug-likeness (QED) is 0.575. The number of halogens is 1. The zero-order valence-corrected chi connectivity index (χ0v) is 13.0. The van der Waals surface area contributed by atoms with Gasteiger partial charge in [-0.25, -0.2) is 0 Å². The van der Waals surface area contributed by atoms with Gasteiger partial charge in [-0.2, -0.15) is 0 Å². The smallest absolute Gasteiger partial charge is 0.238 e. The van der Waals surface area contributed by atoms with Gasteiger partial charge in [-0.3, -0.25) is 9.69 Å². The zero-order chi connectivity index (χ0) is 13.4. The van der Waals surface area contributed by atoms with Gasteiger partial charge in [-0.05, 0) is 74.4 Å². The zero-order valence-electron chi connectivity index (χ0n) is 10.9. The number of hydrogen-bond donors (Lipinski definition) is 2. The Bertz CT molecular complexity index is 384. The van der Waals surface area contributed by atoms with Crippen LogP contribution in [0.3, 0.4) is 0 Å². The number of benzene rings is 1. The Hall–Kier alpha value is -0.660. The molecule has 0 unspecified atom stereocenters. The summed E-state index contributed by atoms with van der Waals surface area (Å²) in [4.78, 5) is 13.8. The Morgan fingerprint density at radius 2 is 2.22 bits per heavy atom. The van der Waals surface area contributed by atoms with E-state index in [0.29, 0.717) is 6.54 Å². The number of anilines is 1. The Kier molecular flexibility index (Phi) is 7.22. The highest BCUT2D eigenvalue weighted by molar-refractivity contribution is 14.1. The molecule has 18 heavy (non-hydrogen) atoms. The van der Waals surface area contributed by atoms with Crippen molar-refractivity contribution in [1.82, 2.24) is 10.2 Å². The number of likely N-dealkylation sites (N-methyl/N-ethyl adjacent to an activating group) is 1. The standard InChI is InChI=1S/C13H20IN3O/c1-15-7-4-8-17(2)10-13(18)16-12-6-3-5-11(14)9-12/h3,5-6,9,15H,4,7-8,10H2,1-2H3,(H,16,18). The highest BCUT2D eigenvalue weighted by Crippen LogP contribution is 2.12. The van der Waals surface area contributed by atoms with Crippen LogP contribution in [-0.2, 0) is 4.79 Å². The van der Waals surface area contributed by atoms with Gasteiger partial charge in [0, 0.05) is 9.26 Å². The second-order valence-corrected chi connectivity index (χ2v) is 5.50. The number of carbonyl (C=O) groups excluding carboxylic acids is 1. The van der Waals surface area contributed by atoms with E-state index < -0.39 is 0 Å². The van der Waals surface area contributed by atoms with Crippen molar-refractivity contribution >= 4 is 34.2 Å². The minimum absolute atomic E-state index is 0.0314. The number of nitrogens with one attached hydrogen (secondary N) is 2. The summed E-state index contributed by atoms with van der Waals surface area (Å²) in [5.74, 6) is 0.0314. The van der Waals surface area contributed by atoms with E-state index in [0.717, 1.165) is 28.8 Å².